The van der Waals surface area contributed by atoms with E-state index >= 15 is 0 Å². The van der Waals surface area contributed by atoms with Crippen LogP contribution < -0.4 is 0 Å². The molecule has 0 aromatic heterocycles. The van der Waals surface area contributed by atoms with E-state index in [-0.39, 0.29) is 16.7 Å². The lowest BCUT2D eigenvalue weighted by Crippen LogP contribution is -2.65. The lowest BCUT2D eigenvalue weighted by atomic mass is 9.68. The van der Waals surface area contributed by atoms with E-state index in [4.69, 9.17) is 14.2 Å². The molecule has 0 bridgehead atoms. The maximum atomic E-state index is 13.5. The van der Waals surface area contributed by atoms with Crippen molar-refractivity contribution in [2.24, 2.45) is 5.92 Å². The lowest BCUT2D eigenvalue weighted by molar-refractivity contribution is -0.266. The fourth-order valence-electron chi connectivity index (χ4n) is 5.10. The number of phenolic OH excluding ortho intramolecular Hbond substituents is 2. The maximum Gasteiger partial charge on any atom is 0.311 e. The van der Waals surface area contributed by atoms with E-state index in [1.54, 1.807) is 0 Å². The zero-order chi connectivity index (χ0) is 30.4. The average Bonchev–Trinajstić information content (AvgIpc) is 2.91. The number of carbonyl (C=O) groups excluding carboxylic acids is 3. The van der Waals surface area contributed by atoms with Crippen LogP contribution in [-0.2, 0) is 36.0 Å². The molecule has 0 radical (unpaired) electrons. The number of aliphatic hydroxyl groups excluding tert-OH is 4. The highest BCUT2D eigenvalue weighted by atomic mass is 16.6. The van der Waals surface area contributed by atoms with Crippen molar-refractivity contribution >= 4 is 17.7 Å². The van der Waals surface area contributed by atoms with Gasteiger partial charge in [-0.05, 0) is 37.6 Å². The minimum atomic E-state index is -2.56. The van der Waals surface area contributed by atoms with Crippen LogP contribution in [0.4, 0.5) is 0 Å². The number of phenols is 2. The summed E-state index contributed by atoms with van der Waals surface area (Å²) < 4.78 is 16.0. The van der Waals surface area contributed by atoms with E-state index in [1.807, 2.05) is 0 Å². The molecule has 41 heavy (non-hydrogen) atoms. The van der Waals surface area contributed by atoms with Crippen LogP contribution in [0.3, 0.4) is 0 Å². The van der Waals surface area contributed by atoms with E-state index in [0.717, 1.165) is 13.0 Å². The Morgan fingerprint density at radius 1 is 0.976 bits per heavy atom. The number of aromatic hydroxyl groups is 2. The predicted octanol–water partition coefficient (Wildman–Crippen LogP) is -0.649. The number of aliphatic hydroxyl groups is 5. The van der Waals surface area contributed by atoms with Crippen LogP contribution in [-0.4, -0.2) is 96.7 Å². The van der Waals surface area contributed by atoms with Crippen molar-refractivity contribution in [1.82, 2.24) is 0 Å². The second-order valence-corrected chi connectivity index (χ2v) is 10.3. The molecule has 222 valence electrons. The summed E-state index contributed by atoms with van der Waals surface area (Å²) in [5.74, 6) is -4.43. The number of hydrogen-bond donors (Lipinski definition) is 7. The monoisotopic (exact) mass is 576 g/mol. The van der Waals surface area contributed by atoms with Crippen LogP contribution >= 0.6 is 0 Å². The van der Waals surface area contributed by atoms with Crippen LogP contribution in [0, 0.1) is 5.92 Å². The molecule has 0 unspecified atom stereocenters. The van der Waals surface area contributed by atoms with Crippen LogP contribution in [0.1, 0.15) is 53.4 Å². The van der Waals surface area contributed by atoms with E-state index in [1.165, 1.54) is 38.1 Å². The summed E-state index contributed by atoms with van der Waals surface area (Å²) in [6, 6.07) is 6.11. The van der Waals surface area contributed by atoms with Gasteiger partial charge in [0, 0.05) is 18.1 Å². The number of fused-ring (bicyclic) bond motifs is 2. The van der Waals surface area contributed by atoms with Gasteiger partial charge in [0.1, 0.15) is 60.8 Å². The third-order valence-corrected chi connectivity index (χ3v) is 7.55. The molecule has 0 spiro atoms. The van der Waals surface area contributed by atoms with Gasteiger partial charge in [0.25, 0.3) is 0 Å². The summed E-state index contributed by atoms with van der Waals surface area (Å²) in [6.07, 6.45) is -9.94. The molecule has 2 aliphatic rings. The molecule has 13 nitrogen and oxygen atoms in total. The van der Waals surface area contributed by atoms with Crippen molar-refractivity contribution in [2.75, 3.05) is 6.61 Å². The number of benzene rings is 2. The van der Waals surface area contributed by atoms with Gasteiger partial charge >= 0.3 is 11.9 Å². The second-order valence-electron chi connectivity index (χ2n) is 10.3. The Kier molecular flexibility index (Phi) is 8.41. The first kappa shape index (κ1) is 30.4. The van der Waals surface area contributed by atoms with E-state index in [0.29, 0.717) is 0 Å². The van der Waals surface area contributed by atoms with Gasteiger partial charge < -0.3 is 50.0 Å². The first-order valence-corrected chi connectivity index (χ1v) is 12.8. The Hall–Kier alpha value is -3.59. The molecule has 7 N–H and O–H groups in total. The lowest BCUT2D eigenvalue weighted by Gasteiger charge is -2.49. The fourth-order valence-corrected chi connectivity index (χ4v) is 5.10. The third-order valence-electron chi connectivity index (χ3n) is 7.55. The van der Waals surface area contributed by atoms with Gasteiger partial charge in [-0.2, -0.15) is 0 Å². The molecule has 1 heterocycles. The number of carbonyl (C=O) groups is 3. The summed E-state index contributed by atoms with van der Waals surface area (Å²) in [4.78, 5) is 37.2. The Bertz CT molecular complexity index is 1350. The SMILES string of the molecule is CC(=O)OC[C@H]1O[C@@H]([C@@]2(O)c3cccc(O)c3C(=O)c3c(O)cc(COC(=O)[C@H](C)[C@H](C)O)cc32)[C@H](O)[C@@H](O)[C@@H]1O. The van der Waals surface area contributed by atoms with Gasteiger partial charge in [-0.15, -0.1) is 0 Å². The van der Waals surface area contributed by atoms with Gasteiger partial charge in [0.15, 0.2) is 0 Å². The first-order chi connectivity index (χ1) is 19.2. The molecule has 1 aliphatic heterocycles. The Balaban J connectivity index is 1.86. The fraction of sp³-hybridized carbons (Fsp3) is 0.464. The molecule has 1 fully saturated rings. The van der Waals surface area contributed by atoms with Gasteiger partial charge in [-0.3, -0.25) is 14.4 Å². The summed E-state index contributed by atoms with van der Waals surface area (Å²) in [7, 11) is 0. The summed E-state index contributed by atoms with van der Waals surface area (Å²) in [6.45, 7) is 2.95. The van der Waals surface area contributed by atoms with Crippen LogP contribution in [0.15, 0.2) is 30.3 Å². The maximum absolute atomic E-state index is 13.5. The molecule has 4 rings (SSSR count). The van der Waals surface area contributed by atoms with Crippen molar-refractivity contribution in [1.29, 1.82) is 0 Å². The normalized spacial score (nSPS) is 28.7. The van der Waals surface area contributed by atoms with Crippen LogP contribution in [0.25, 0.3) is 0 Å². The van der Waals surface area contributed by atoms with Gasteiger partial charge in [-0.1, -0.05) is 12.1 Å². The summed E-state index contributed by atoms with van der Waals surface area (Å²) >= 11 is 0. The Labute approximate surface area is 234 Å². The first-order valence-electron chi connectivity index (χ1n) is 12.8. The quantitative estimate of drug-likeness (QED) is 0.204. The van der Waals surface area contributed by atoms with Crippen LogP contribution in [0.5, 0.6) is 11.5 Å². The number of ketones is 1. The van der Waals surface area contributed by atoms with Gasteiger partial charge in [-0.25, -0.2) is 0 Å². The molecule has 2 aromatic carbocycles. The van der Waals surface area contributed by atoms with Crippen LogP contribution in [0.2, 0.25) is 0 Å². The molecule has 13 heteroatoms. The van der Waals surface area contributed by atoms with E-state index in [9.17, 15) is 50.1 Å². The van der Waals surface area contributed by atoms with Crippen molar-refractivity contribution < 1.29 is 64.3 Å². The van der Waals surface area contributed by atoms with Gasteiger partial charge in [0.05, 0.1) is 23.1 Å². The molecule has 1 saturated heterocycles. The Morgan fingerprint density at radius 2 is 1.63 bits per heavy atom. The topological polar surface area (TPSA) is 221 Å². The smallest absolute Gasteiger partial charge is 0.311 e. The zero-order valence-corrected chi connectivity index (χ0v) is 22.4. The summed E-state index contributed by atoms with van der Waals surface area (Å²) in [5, 5.41) is 75.8. The second kappa shape index (κ2) is 11.4. The van der Waals surface area contributed by atoms with Gasteiger partial charge in [0.2, 0.25) is 5.78 Å². The highest BCUT2D eigenvalue weighted by molar-refractivity contribution is 6.16. The number of rotatable bonds is 7. The molecule has 0 saturated carbocycles. The predicted molar refractivity (Wildman–Crippen MR) is 137 cm³/mol. The van der Waals surface area contributed by atoms with E-state index in [2.05, 4.69) is 0 Å². The minimum Gasteiger partial charge on any atom is -0.507 e. The minimum absolute atomic E-state index is 0.101. The standard InChI is InChI=1S/C28H32O13/c1-11(12(2)29)27(37)40-9-14-7-16-21(18(32)8-14)23(34)20-15(5-4-6-17(20)31)28(16,38)26-25(36)24(35)22(33)19(41-26)10-39-13(3)30/h4-8,11-12,19,22,24-26,29,31-33,35-36,38H,9-10H2,1-3H3/t11-,12+,19-,22-,24+,25-,26-,28-/m1/s1. The Morgan fingerprint density at radius 3 is 2.27 bits per heavy atom. The van der Waals surface area contributed by atoms with Crippen molar-refractivity contribution in [3.63, 3.8) is 0 Å². The average molecular weight is 577 g/mol. The zero-order valence-electron chi connectivity index (χ0n) is 22.4. The van der Waals surface area contributed by atoms with E-state index < -0.39 is 102 Å². The largest absolute Gasteiger partial charge is 0.507 e. The highest BCUT2D eigenvalue weighted by Gasteiger charge is 2.58. The molecular weight excluding hydrogens is 544 g/mol. The van der Waals surface area contributed by atoms with Crippen molar-refractivity contribution in [3.05, 3.63) is 58.1 Å². The molecular formula is C28H32O13. The third kappa shape index (κ3) is 5.27. The van der Waals surface area contributed by atoms with Crippen molar-refractivity contribution in [2.45, 2.75) is 69.6 Å². The number of ether oxygens (including phenoxy) is 3. The molecule has 0 amide bonds. The molecule has 2 aromatic rings. The van der Waals surface area contributed by atoms with Crippen molar-refractivity contribution in [3.8, 4) is 11.5 Å². The highest BCUT2D eigenvalue weighted by Crippen LogP contribution is 2.50. The number of esters is 2. The summed E-state index contributed by atoms with van der Waals surface area (Å²) in [5.41, 5.74) is -3.88. The molecule has 8 atom stereocenters. The number of hydrogen-bond acceptors (Lipinski definition) is 13. The molecule has 1 aliphatic carbocycles.